The SMILES string of the molecule is O=C(c1ccnc(NCc2ccco2)n1)N1CCN(c2cccc(Cl)c2)CC1. The number of carbonyl (C=O) groups excluding carboxylic acids is 1. The van der Waals surface area contributed by atoms with E-state index < -0.39 is 0 Å². The van der Waals surface area contributed by atoms with Gasteiger partial charge < -0.3 is 19.5 Å². The molecular weight excluding hydrogens is 378 g/mol. The van der Waals surface area contributed by atoms with Crippen molar-refractivity contribution in [2.45, 2.75) is 6.54 Å². The molecule has 0 bridgehead atoms. The van der Waals surface area contributed by atoms with Crippen LogP contribution < -0.4 is 10.2 Å². The molecule has 1 amide bonds. The molecule has 0 aliphatic carbocycles. The fraction of sp³-hybridized carbons (Fsp3) is 0.250. The van der Waals surface area contributed by atoms with E-state index in [-0.39, 0.29) is 5.91 Å². The van der Waals surface area contributed by atoms with Gasteiger partial charge in [0.15, 0.2) is 0 Å². The van der Waals surface area contributed by atoms with Crippen LogP contribution in [0.2, 0.25) is 5.02 Å². The Morgan fingerprint density at radius 3 is 2.75 bits per heavy atom. The summed E-state index contributed by atoms with van der Waals surface area (Å²) in [5.74, 6) is 1.09. The van der Waals surface area contributed by atoms with E-state index in [4.69, 9.17) is 16.0 Å². The molecule has 3 aromatic rings. The fourth-order valence-corrected chi connectivity index (χ4v) is 3.33. The molecule has 1 N–H and O–H groups in total. The first-order valence-electron chi connectivity index (χ1n) is 9.08. The summed E-state index contributed by atoms with van der Waals surface area (Å²) >= 11 is 6.08. The smallest absolute Gasteiger partial charge is 0.272 e. The number of hydrogen-bond acceptors (Lipinski definition) is 6. The molecule has 0 spiro atoms. The number of anilines is 2. The van der Waals surface area contributed by atoms with Crippen molar-refractivity contribution in [3.05, 3.63) is 71.4 Å². The quantitative estimate of drug-likeness (QED) is 0.712. The zero-order chi connectivity index (χ0) is 19.3. The highest BCUT2D eigenvalue weighted by molar-refractivity contribution is 6.30. The Balaban J connectivity index is 1.36. The van der Waals surface area contributed by atoms with Gasteiger partial charge in [-0.1, -0.05) is 17.7 Å². The normalized spacial score (nSPS) is 14.2. The number of nitrogens with zero attached hydrogens (tertiary/aromatic N) is 4. The molecule has 1 aromatic carbocycles. The van der Waals surface area contributed by atoms with Gasteiger partial charge in [-0.25, -0.2) is 9.97 Å². The standard InChI is InChI=1S/C20H20ClN5O2/c21-15-3-1-4-16(13-15)25-8-10-26(11-9-25)19(27)18-6-7-22-20(24-18)23-14-17-5-2-12-28-17/h1-7,12-13H,8-11,14H2,(H,22,23,24). The second-order valence-electron chi connectivity index (χ2n) is 6.46. The third-order valence-corrected chi connectivity index (χ3v) is 4.85. The summed E-state index contributed by atoms with van der Waals surface area (Å²) in [5, 5.41) is 3.79. The highest BCUT2D eigenvalue weighted by Crippen LogP contribution is 2.21. The minimum absolute atomic E-state index is 0.0887. The van der Waals surface area contributed by atoms with Gasteiger partial charge in [0.05, 0.1) is 12.8 Å². The number of aromatic nitrogens is 2. The lowest BCUT2D eigenvalue weighted by atomic mass is 10.2. The predicted molar refractivity (Wildman–Crippen MR) is 108 cm³/mol. The average molecular weight is 398 g/mol. The highest BCUT2D eigenvalue weighted by Gasteiger charge is 2.23. The van der Waals surface area contributed by atoms with E-state index in [2.05, 4.69) is 20.2 Å². The van der Waals surface area contributed by atoms with E-state index in [1.165, 1.54) is 0 Å². The molecule has 7 nitrogen and oxygen atoms in total. The number of hydrogen-bond donors (Lipinski definition) is 1. The van der Waals surface area contributed by atoms with E-state index in [1.54, 1.807) is 18.5 Å². The van der Waals surface area contributed by atoms with E-state index in [0.717, 1.165) is 24.5 Å². The molecule has 1 aliphatic heterocycles. The van der Waals surface area contributed by atoms with Crippen molar-refractivity contribution in [1.82, 2.24) is 14.9 Å². The van der Waals surface area contributed by atoms with Crippen molar-refractivity contribution in [2.75, 3.05) is 36.4 Å². The van der Waals surface area contributed by atoms with Gasteiger partial charge in [-0.05, 0) is 36.4 Å². The molecule has 0 saturated carbocycles. The Hall–Kier alpha value is -3.06. The number of piperazine rings is 1. The van der Waals surface area contributed by atoms with Crippen molar-refractivity contribution >= 4 is 29.1 Å². The first kappa shape index (κ1) is 18.3. The molecule has 1 saturated heterocycles. The molecule has 8 heteroatoms. The van der Waals surface area contributed by atoms with Crippen LogP contribution in [-0.2, 0) is 6.54 Å². The minimum atomic E-state index is -0.0887. The minimum Gasteiger partial charge on any atom is -0.467 e. The van der Waals surface area contributed by atoms with Crippen LogP contribution in [0, 0.1) is 0 Å². The van der Waals surface area contributed by atoms with Crippen LogP contribution in [0.25, 0.3) is 0 Å². The zero-order valence-corrected chi connectivity index (χ0v) is 16.0. The van der Waals surface area contributed by atoms with Gasteiger partial charge in [0.1, 0.15) is 11.5 Å². The summed E-state index contributed by atoms with van der Waals surface area (Å²) in [5.41, 5.74) is 1.46. The number of benzene rings is 1. The first-order valence-corrected chi connectivity index (χ1v) is 9.46. The van der Waals surface area contributed by atoms with Crippen LogP contribution in [0.5, 0.6) is 0 Å². The van der Waals surface area contributed by atoms with Crippen LogP contribution in [0.15, 0.2) is 59.3 Å². The third kappa shape index (κ3) is 4.26. The van der Waals surface area contributed by atoms with E-state index in [0.29, 0.717) is 36.3 Å². The maximum absolute atomic E-state index is 12.8. The number of nitrogens with one attached hydrogen (secondary N) is 1. The summed E-state index contributed by atoms with van der Waals surface area (Å²) in [7, 11) is 0. The zero-order valence-electron chi connectivity index (χ0n) is 15.2. The van der Waals surface area contributed by atoms with Crippen LogP contribution in [0.3, 0.4) is 0 Å². The molecule has 4 rings (SSSR count). The Morgan fingerprint density at radius 1 is 1.14 bits per heavy atom. The van der Waals surface area contributed by atoms with Crippen molar-refractivity contribution in [3.8, 4) is 0 Å². The van der Waals surface area contributed by atoms with E-state index >= 15 is 0 Å². The highest BCUT2D eigenvalue weighted by atomic mass is 35.5. The fourth-order valence-electron chi connectivity index (χ4n) is 3.14. The van der Waals surface area contributed by atoms with E-state index in [9.17, 15) is 4.79 Å². The number of halogens is 1. The van der Waals surface area contributed by atoms with Crippen LogP contribution in [0.1, 0.15) is 16.2 Å². The average Bonchev–Trinajstić information content (AvgIpc) is 3.26. The topological polar surface area (TPSA) is 74.5 Å². The van der Waals surface area contributed by atoms with E-state index in [1.807, 2.05) is 41.3 Å². The first-order chi connectivity index (χ1) is 13.7. The van der Waals surface area contributed by atoms with Gasteiger partial charge in [-0.3, -0.25) is 4.79 Å². The maximum atomic E-state index is 12.8. The second-order valence-corrected chi connectivity index (χ2v) is 6.89. The summed E-state index contributed by atoms with van der Waals surface area (Å²) < 4.78 is 5.28. The predicted octanol–water partition coefficient (Wildman–Crippen LogP) is 3.30. The number of carbonyl (C=O) groups is 1. The molecule has 3 heterocycles. The van der Waals surface area contributed by atoms with Crippen molar-refractivity contribution in [3.63, 3.8) is 0 Å². The van der Waals surface area contributed by atoms with Gasteiger partial charge in [0.2, 0.25) is 5.95 Å². The summed E-state index contributed by atoms with van der Waals surface area (Å²) in [6, 6.07) is 13.1. The molecule has 1 fully saturated rings. The van der Waals surface area contributed by atoms with Gasteiger partial charge in [-0.15, -0.1) is 0 Å². The molecule has 0 unspecified atom stereocenters. The molecule has 0 radical (unpaired) electrons. The lowest BCUT2D eigenvalue weighted by Crippen LogP contribution is -2.49. The Labute approximate surface area is 167 Å². The van der Waals surface area contributed by atoms with Crippen LogP contribution in [0.4, 0.5) is 11.6 Å². The molecule has 0 atom stereocenters. The van der Waals surface area contributed by atoms with Crippen molar-refractivity contribution < 1.29 is 9.21 Å². The summed E-state index contributed by atoms with van der Waals surface area (Å²) in [4.78, 5) is 25.4. The lowest BCUT2D eigenvalue weighted by Gasteiger charge is -2.36. The molecular formula is C20H20ClN5O2. The van der Waals surface area contributed by atoms with Crippen LogP contribution >= 0.6 is 11.6 Å². The largest absolute Gasteiger partial charge is 0.467 e. The van der Waals surface area contributed by atoms with Gasteiger partial charge in [0, 0.05) is 43.1 Å². The number of furan rings is 1. The van der Waals surface area contributed by atoms with Gasteiger partial charge >= 0.3 is 0 Å². The molecule has 144 valence electrons. The summed E-state index contributed by atoms with van der Waals surface area (Å²) in [6.45, 7) is 3.22. The summed E-state index contributed by atoms with van der Waals surface area (Å²) in [6.07, 6.45) is 3.20. The Bertz CT molecular complexity index is 939. The molecule has 1 aliphatic rings. The second kappa shape index (κ2) is 8.31. The van der Waals surface area contributed by atoms with Crippen molar-refractivity contribution in [2.24, 2.45) is 0 Å². The third-order valence-electron chi connectivity index (χ3n) is 4.62. The lowest BCUT2D eigenvalue weighted by molar-refractivity contribution is 0.0741. The maximum Gasteiger partial charge on any atom is 0.272 e. The number of rotatable bonds is 5. The molecule has 28 heavy (non-hydrogen) atoms. The molecule has 2 aromatic heterocycles. The Kier molecular flexibility index (Phi) is 5.43. The monoisotopic (exact) mass is 397 g/mol. The Morgan fingerprint density at radius 2 is 2.00 bits per heavy atom. The van der Waals surface area contributed by atoms with Crippen LogP contribution in [-0.4, -0.2) is 47.0 Å². The van der Waals surface area contributed by atoms with Gasteiger partial charge in [-0.2, -0.15) is 0 Å². The number of amides is 1. The van der Waals surface area contributed by atoms with Crippen molar-refractivity contribution in [1.29, 1.82) is 0 Å². The van der Waals surface area contributed by atoms with Gasteiger partial charge in [0.25, 0.3) is 5.91 Å².